The van der Waals surface area contributed by atoms with Gasteiger partial charge in [0.25, 0.3) is 0 Å². The van der Waals surface area contributed by atoms with E-state index >= 15 is 0 Å². The first-order valence-corrected chi connectivity index (χ1v) is 14.8. The topological polar surface area (TPSA) is 166 Å². The normalized spacial score (nSPS) is 29.8. The van der Waals surface area contributed by atoms with Gasteiger partial charge in [-0.1, -0.05) is 31.6 Å². The van der Waals surface area contributed by atoms with E-state index in [0.717, 1.165) is 10.5 Å². The molecule has 2 rings (SSSR count). The van der Waals surface area contributed by atoms with E-state index in [2.05, 4.69) is 10.6 Å². The molecule has 0 saturated heterocycles. The van der Waals surface area contributed by atoms with Crippen LogP contribution in [0.25, 0.3) is 0 Å². The van der Waals surface area contributed by atoms with Gasteiger partial charge in [-0.15, -0.1) is 0 Å². The van der Waals surface area contributed by atoms with E-state index in [-0.39, 0.29) is 24.0 Å². The summed E-state index contributed by atoms with van der Waals surface area (Å²) in [6, 6.07) is 0.795. The Labute approximate surface area is 254 Å². The van der Waals surface area contributed by atoms with Crippen molar-refractivity contribution >= 4 is 46.3 Å². The zero-order valence-electron chi connectivity index (χ0n) is 24.4. The van der Waals surface area contributed by atoms with E-state index in [4.69, 9.17) is 4.74 Å². The summed E-state index contributed by atoms with van der Waals surface area (Å²) in [6.45, 7) is 9.28. The van der Waals surface area contributed by atoms with Gasteiger partial charge >= 0.3 is 5.97 Å². The quantitative estimate of drug-likeness (QED) is 0.182. The number of benzene rings is 1. The summed E-state index contributed by atoms with van der Waals surface area (Å²) in [5.74, 6) is -3.10. The second kappa shape index (κ2) is 15.5. The molecule has 228 valence electrons. The first kappa shape index (κ1) is 34.5. The smallest absolute Gasteiger partial charge is 0.331 e. The highest BCUT2D eigenvalue weighted by Gasteiger charge is 2.37. The number of aromatic hydroxyl groups is 1. The van der Waals surface area contributed by atoms with Crippen LogP contribution in [-0.2, 0) is 30.3 Å². The molecule has 12 heteroatoms. The first-order valence-electron chi connectivity index (χ1n) is 13.7. The summed E-state index contributed by atoms with van der Waals surface area (Å²) in [4.78, 5) is 54.0. The van der Waals surface area contributed by atoms with Crippen LogP contribution in [-0.4, -0.2) is 81.0 Å². The molecule has 0 saturated carbocycles. The van der Waals surface area contributed by atoms with Gasteiger partial charge in [0, 0.05) is 12.3 Å². The lowest BCUT2D eigenvalue weighted by Crippen LogP contribution is -2.59. The number of rotatable bonds is 4. The van der Waals surface area contributed by atoms with Crippen LogP contribution in [0.5, 0.6) is 5.75 Å². The van der Waals surface area contributed by atoms with E-state index in [9.17, 15) is 34.5 Å². The number of amides is 3. The van der Waals surface area contributed by atoms with Gasteiger partial charge in [0.15, 0.2) is 6.04 Å². The Hall–Kier alpha value is -2.71. The van der Waals surface area contributed by atoms with Crippen LogP contribution in [0.4, 0.5) is 0 Å². The van der Waals surface area contributed by atoms with E-state index < -0.39 is 60.8 Å². The Kier molecular flexibility index (Phi) is 13.0. The molecule has 7 atom stereocenters. The summed E-state index contributed by atoms with van der Waals surface area (Å²) < 4.78 is 6.08. The van der Waals surface area contributed by atoms with Crippen LogP contribution in [0, 0.1) is 15.4 Å². The molecule has 11 nitrogen and oxygen atoms in total. The Balaban J connectivity index is 2.54. The van der Waals surface area contributed by atoms with Gasteiger partial charge in [0.1, 0.15) is 24.6 Å². The fraction of sp³-hybridized carbons (Fsp3) is 0.586. The highest BCUT2D eigenvalue weighted by molar-refractivity contribution is 14.1. The van der Waals surface area contributed by atoms with E-state index in [1.807, 2.05) is 42.5 Å². The third kappa shape index (κ3) is 9.96. The van der Waals surface area contributed by atoms with Crippen molar-refractivity contribution in [3.8, 4) is 5.75 Å². The zero-order valence-corrected chi connectivity index (χ0v) is 26.5. The van der Waals surface area contributed by atoms with E-state index in [1.54, 1.807) is 26.0 Å². The van der Waals surface area contributed by atoms with Crippen molar-refractivity contribution in [3.63, 3.8) is 0 Å². The number of carbonyl (C=O) groups excluding carboxylic acids is 4. The molecule has 1 aromatic carbocycles. The number of phenolic OH excluding ortho intramolecular Hbond substituents is 1. The lowest BCUT2D eigenvalue weighted by Gasteiger charge is -2.33. The van der Waals surface area contributed by atoms with Crippen molar-refractivity contribution in [2.75, 3.05) is 6.73 Å². The molecule has 0 spiro atoms. The number of aliphatic hydroxyl groups is 2. The Morgan fingerprint density at radius 2 is 1.76 bits per heavy atom. The van der Waals surface area contributed by atoms with Crippen LogP contribution in [0.15, 0.2) is 29.8 Å². The summed E-state index contributed by atoms with van der Waals surface area (Å²) in [7, 11) is 0. The second-order valence-corrected chi connectivity index (χ2v) is 12.2. The fourth-order valence-corrected chi connectivity index (χ4v) is 5.48. The SMILES string of the molecule is C/C1=C\[C@H](C)C[C@H](C)OC(=O)[C@H]([C@@H](C)O)NC(=O)[C@@H](Cc2ccc(O)c(I)c2)N(CO)C(=O)[C@H](C)NC(=O)[C@@H](C)C1. The van der Waals surface area contributed by atoms with Crippen LogP contribution in [0.2, 0.25) is 0 Å². The first-order chi connectivity index (χ1) is 19.1. The predicted octanol–water partition coefficient (Wildman–Crippen LogP) is 2.00. The second-order valence-electron chi connectivity index (χ2n) is 11.0. The Morgan fingerprint density at radius 3 is 2.34 bits per heavy atom. The molecule has 0 fully saturated rings. The summed E-state index contributed by atoms with van der Waals surface area (Å²) in [6.07, 6.45) is 0.982. The third-order valence-electron chi connectivity index (χ3n) is 6.98. The maximum absolute atomic E-state index is 13.7. The minimum absolute atomic E-state index is 0.0163. The number of hydrogen-bond acceptors (Lipinski definition) is 8. The van der Waals surface area contributed by atoms with Gasteiger partial charge in [-0.25, -0.2) is 4.79 Å². The molecule has 5 N–H and O–H groups in total. The number of nitrogens with zero attached hydrogens (tertiary/aromatic N) is 1. The molecule has 0 aliphatic carbocycles. The van der Waals surface area contributed by atoms with Gasteiger partial charge in [-0.2, -0.15) is 0 Å². The lowest BCUT2D eigenvalue weighted by atomic mass is 9.95. The van der Waals surface area contributed by atoms with Crippen molar-refractivity contribution in [1.29, 1.82) is 0 Å². The van der Waals surface area contributed by atoms with Crippen molar-refractivity contribution in [1.82, 2.24) is 15.5 Å². The minimum Gasteiger partial charge on any atom is -0.507 e. The number of halogens is 1. The maximum Gasteiger partial charge on any atom is 0.331 e. The summed E-state index contributed by atoms with van der Waals surface area (Å²) in [5.41, 5.74) is 1.53. The van der Waals surface area contributed by atoms with Crippen LogP contribution in [0.3, 0.4) is 0 Å². The number of cyclic esters (lactones) is 1. The number of aliphatic hydroxyl groups excluding tert-OH is 2. The number of ether oxygens (including phenoxy) is 1. The molecule has 41 heavy (non-hydrogen) atoms. The molecule has 0 bridgehead atoms. The standard InChI is InChI=1S/C29H42IN3O8/c1-15-9-16(2)11-18(4)41-29(40)25(20(6)35)32-27(38)23(13-21-7-8-24(36)22(30)12-21)33(14-34)28(39)19(5)31-26(37)17(3)10-15/h7-9,12,16-20,23,25,34-36H,10-11,13-14H2,1-6H3,(H,31,37)(H,32,38)/b15-9+/t16-,17-,18-,19-,20+,23+,25-/m0/s1. The molecule has 1 aliphatic rings. The van der Waals surface area contributed by atoms with Gasteiger partial charge in [0.05, 0.1) is 15.8 Å². The van der Waals surface area contributed by atoms with E-state index in [0.29, 0.717) is 22.0 Å². The highest BCUT2D eigenvalue weighted by Crippen LogP contribution is 2.23. The Morgan fingerprint density at radius 1 is 1.10 bits per heavy atom. The summed E-state index contributed by atoms with van der Waals surface area (Å²) >= 11 is 1.92. The number of nitrogens with one attached hydrogen (secondary N) is 2. The highest BCUT2D eigenvalue weighted by atomic mass is 127. The number of hydrogen-bond donors (Lipinski definition) is 5. The number of esters is 1. The van der Waals surface area contributed by atoms with Gasteiger partial charge < -0.3 is 35.6 Å². The van der Waals surface area contributed by atoms with Gasteiger partial charge in [-0.05, 0) is 86.7 Å². The van der Waals surface area contributed by atoms with Crippen molar-refractivity contribution in [2.45, 2.75) is 91.1 Å². The Bertz CT molecular complexity index is 1140. The fourth-order valence-electron chi connectivity index (χ4n) is 4.90. The molecule has 0 radical (unpaired) electrons. The van der Waals surface area contributed by atoms with Crippen molar-refractivity contribution in [2.24, 2.45) is 11.8 Å². The molecule has 1 heterocycles. The number of allylic oxidation sites excluding steroid dienone is 2. The molecule has 1 aromatic rings. The van der Waals surface area contributed by atoms with Crippen molar-refractivity contribution < 1.29 is 39.2 Å². The molecule has 3 amide bonds. The number of phenols is 1. The number of carbonyl (C=O) groups is 4. The van der Waals surface area contributed by atoms with Crippen LogP contribution in [0.1, 0.15) is 59.9 Å². The average molecular weight is 688 g/mol. The maximum atomic E-state index is 13.7. The molecular weight excluding hydrogens is 645 g/mol. The zero-order chi connectivity index (χ0) is 31.0. The third-order valence-corrected chi connectivity index (χ3v) is 7.85. The molecule has 0 unspecified atom stereocenters. The minimum atomic E-state index is -1.44. The van der Waals surface area contributed by atoms with E-state index in [1.165, 1.54) is 19.9 Å². The monoisotopic (exact) mass is 687 g/mol. The van der Waals surface area contributed by atoms with Crippen molar-refractivity contribution in [3.05, 3.63) is 39.0 Å². The summed E-state index contributed by atoms with van der Waals surface area (Å²) in [5, 5.41) is 35.8. The van der Waals surface area contributed by atoms with Crippen LogP contribution < -0.4 is 10.6 Å². The van der Waals surface area contributed by atoms with Gasteiger partial charge in [-0.3, -0.25) is 14.4 Å². The lowest BCUT2D eigenvalue weighted by molar-refractivity contribution is -0.157. The predicted molar refractivity (Wildman–Crippen MR) is 160 cm³/mol. The van der Waals surface area contributed by atoms with Gasteiger partial charge in [0.2, 0.25) is 17.7 Å². The molecular formula is C29H42IN3O8. The van der Waals surface area contributed by atoms with Crippen LogP contribution >= 0.6 is 22.6 Å². The average Bonchev–Trinajstić information content (AvgIpc) is 2.87. The molecule has 1 aliphatic heterocycles. The largest absolute Gasteiger partial charge is 0.507 e. The molecule has 0 aromatic heterocycles.